The number of nitrogens with one attached hydrogen (secondary N) is 3. The molecule has 0 radical (unpaired) electrons. The van der Waals surface area contributed by atoms with E-state index in [1.165, 1.54) is 24.3 Å². The molecule has 1 aliphatic carbocycles. The van der Waals surface area contributed by atoms with Crippen molar-refractivity contribution >= 4 is 39.1 Å². The van der Waals surface area contributed by atoms with Crippen molar-refractivity contribution in [2.75, 3.05) is 30.3 Å². The molecule has 2 fully saturated rings. The maximum Gasteiger partial charge on any atom is 0.255 e. The van der Waals surface area contributed by atoms with Gasteiger partial charge in [-0.05, 0) is 55.7 Å². The molecule has 0 aromatic heterocycles. The number of sulfonamides is 1. The number of nitrogens with zero attached hydrogens (tertiary/aromatic N) is 1. The Kier molecular flexibility index (Phi) is 5.98. The van der Waals surface area contributed by atoms with Crippen molar-refractivity contribution < 1.29 is 22.8 Å². The summed E-state index contributed by atoms with van der Waals surface area (Å²) in [5.74, 6) is -0.814. The number of carbonyl (C=O) groups is 3. The summed E-state index contributed by atoms with van der Waals surface area (Å²) in [5.41, 5.74) is 2.07. The number of hydrogen-bond donors (Lipinski definition) is 3. The second kappa shape index (κ2) is 8.71. The molecule has 4 rings (SSSR count). The summed E-state index contributed by atoms with van der Waals surface area (Å²) in [6.07, 6.45) is 1.78. The van der Waals surface area contributed by atoms with Crippen molar-refractivity contribution in [1.82, 2.24) is 9.62 Å². The summed E-state index contributed by atoms with van der Waals surface area (Å²) in [4.78, 5) is 36.4. The van der Waals surface area contributed by atoms with Crippen LogP contribution < -0.4 is 16.0 Å². The maximum absolute atomic E-state index is 12.9. The second-order valence-electron chi connectivity index (χ2n) is 7.96. The Bertz CT molecular complexity index is 1190. The van der Waals surface area contributed by atoms with Crippen molar-refractivity contribution in [3.63, 3.8) is 0 Å². The normalized spacial score (nSPS) is 16.8. The zero-order valence-electron chi connectivity index (χ0n) is 17.6. The van der Waals surface area contributed by atoms with E-state index in [4.69, 9.17) is 0 Å². The van der Waals surface area contributed by atoms with Crippen molar-refractivity contribution in [2.45, 2.75) is 24.7 Å². The second-order valence-corrected chi connectivity index (χ2v) is 9.90. The van der Waals surface area contributed by atoms with Crippen molar-refractivity contribution in [3.8, 4) is 0 Å². The van der Waals surface area contributed by atoms with Gasteiger partial charge in [0, 0.05) is 35.9 Å². The molecule has 10 heteroatoms. The molecule has 1 aliphatic heterocycles. The van der Waals surface area contributed by atoms with E-state index in [0.717, 1.165) is 22.7 Å². The van der Waals surface area contributed by atoms with Crippen LogP contribution in [-0.2, 0) is 19.6 Å². The summed E-state index contributed by atoms with van der Waals surface area (Å²) in [6.45, 7) is 1.98. The summed E-state index contributed by atoms with van der Waals surface area (Å²) < 4.78 is 26.9. The molecule has 168 valence electrons. The molecule has 0 bridgehead atoms. The van der Waals surface area contributed by atoms with Gasteiger partial charge in [-0.25, -0.2) is 8.42 Å². The minimum Gasteiger partial charge on any atom is -0.354 e. The van der Waals surface area contributed by atoms with Gasteiger partial charge >= 0.3 is 0 Å². The zero-order valence-corrected chi connectivity index (χ0v) is 18.4. The Morgan fingerprint density at radius 1 is 1.09 bits per heavy atom. The molecule has 9 nitrogen and oxygen atoms in total. The SMILES string of the molecule is Cc1ccc(NC(=O)C2CC2)cc1NC(=O)c1cccc(S(=O)(=O)N2CCNC(=O)C2)c1. The number of amides is 3. The molecule has 3 amide bonds. The number of piperazine rings is 1. The molecule has 2 aromatic rings. The number of anilines is 2. The lowest BCUT2D eigenvalue weighted by Gasteiger charge is -2.26. The first kappa shape index (κ1) is 22.0. The highest BCUT2D eigenvalue weighted by Crippen LogP contribution is 2.31. The number of hydrogen-bond acceptors (Lipinski definition) is 5. The van der Waals surface area contributed by atoms with Gasteiger partial charge in [-0.15, -0.1) is 0 Å². The average Bonchev–Trinajstić information content (AvgIpc) is 3.62. The zero-order chi connectivity index (χ0) is 22.9. The number of rotatable bonds is 6. The summed E-state index contributed by atoms with van der Waals surface area (Å²) in [5, 5.41) is 8.22. The maximum atomic E-state index is 12.9. The predicted molar refractivity (Wildman–Crippen MR) is 119 cm³/mol. The predicted octanol–water partition coefficient (Wildman–Crippen LogP) is 1.72. The third kappa shape index (κ3) is 4.81. The average molecular weight is 457 g/mol. The van der Waals surface area contributed by atoms with Crippen LogP contribution in [-0.4, -0.2) is 50.1 Å². The first-order valence-corrected chi connectivity index (χ1v) is 11.8. The highest BCUT2D eigenvalue weighted by Gasteiger charge is 2.30. The van der Waals surface area contributed by atoms with Crippen LogP contribution in [0.5, 0.6) is 0 Å². The number of benzene rings is 2. The van der Waals surface area contributed by atoms with Gasteiger partial charge < -0.3 is 16.0 Å². The molecule has 0 atom stereocenters. The van der Waals surface area contributed by atoms with Gasteiger partial charge in [0.1, 0.15) is 0 Å². The van der Waals surface area contributed by atoms with Gasteiger partial charge in [0.2, 0.25) is 21.8 Å². The van der Waals surface area contributed by atoms with Crippen LogP contribution >= 0.6 is 0 Å². The van der Waals surface area contributed by atoms with Gasteiger partial charge in [0.05, 0.1) is 11.4 Å². The quantitative estimate of drug-likeness (QED) is 0.610. The van der Waals surface area contributed by atoms with Crippen molar-refractivity contribution in [3.05, 3.63) is 53.6 Å². The third-order valence-electron chi connectivity index (χ3n) is 5.44. The van der Waals surface area contributed by atoms with Gasteiger partial charge in [-0.1, -0.05) is 12.1 Å². The van der Waals surface area contributed by atoms with E-state index >= 15 is 0 Å². The number of carbonyl (C=O) groups excluding carboxylic acids is 3. The minimum absolute atomic E-state index is 0.0320. The van der Waals surface area contributed by atoms with Crippen LogP contribution in [0.3, 0.4) is 0 Å². The molecule has 1 saturated carbocycles. The number of aryl methyl sites for hydroxylation is 1. The Labute approximate surface area is 186 Å². The molecule has 2 aliphatic rings. The highest BCUT2D eigenvalue weighted by molar-refractivity contribution is 7.89. The fourth-order valence-corrected chi connectivity index (χ4v) is 4.83. The first-order valence-electron chi connectivity index (χ1n) is 10.3. The summed E-state index contributed by atoms with van der Waals surface area (Å²) in [6, 6.07) is 11.0. The summed E-state index contributed by atoms with van der Waals surface area (Å²) in [7, 11) is -3.91. The minimum atomic E-state index is -3.91. The largest absolute Gasteiger partial charge is 0.354 e. The van der Waals surface area contributed by atoms with Crippen LogP contribution in [0, 0.1) is 12.8 Å². The fourth-order valence-electron chi connectivity index (χ4n) is 3.39. The molecule has 0 unspecified atom stereocenters. The Morgan fingerprint density at radius 3 is 2.59 bits per heavy atom. The molecule has 0 spiro atoms. The molecule has 2 aromatic carbocycles. The Balaban J connectivity index is 1.52. The van der Waals surface area contributed by atoms with Crippen LogP contribution in [0.4, 0.5) is 11.4 Å². The molecular formula is C22H24N4O5S. The van der Waals surface area contributed by atoms with Crippen molar-refractivity contribution in [2.24, 2.45) is 5.92 Å². The molecular weight excluding hydrogens is 432 g/mol. The van der Waals surface area contributed by atoms with E-state index in [1.54, 1.807) is 18.2 Å². The fraction of sp³-hybridized carbons (Fsp3) is 0.318. The molecule has 1 heterocycles. The van der Waals surface area contributed by atoms with E-state index in [2.05, 4.69) is 16.0 Å². The van der Waals surface area contributed by atoms with E-state index in [1.807, 2.05) is 6.92 Å². The lowest BCUT2D eigenvalue weighted by molar-refractivity contribution is -0.122. The van der Waals surface area contributed by atoms with E-state index in [9.17, 15) is 22.8 Å². The van der Waals surface area contributed by atoms with Gasteiger partial charge in [-0.3, -0.25) is 14.4 Å². The molecule has 1 saturated heterocycles. The standard InChI is InChI=1S/C22H24N4O5S/c1-14-5-8-17(24-21(28)15-6-7-15)12-19(14)25-22(29)16-3-2-4-18(11-16)32(30,31)26-10-9-23-20(27)13-26/h2-5,8,11-12,15H,6-7,9-10,13H2,1H3,(H,23,27)(H,24,28)(H,25,29). The van der Waals surface area contributed by atoms with Gasteiger partial charge in [0.25, 0.3) is 5.91 Å². The van der Waals surface area contributed by atoms with Crippen LogP contribution in [0.1, 0.15) is 28.8 Å². The Hall–Kier alpha value is -3.24. The highest BCUT2D eigenvalue weighted by atomic mass is 32.2. The smallest absolute Gasteiger partial charge is 0.255 e. The van der Waals surface area contributed by atoms with E-state index in [0.29, 0.717) is 11.4 Å². The first-order chi connectivity index (χ1) is 15.2. The topological polar surface area (TPSA) is 125 Å². The van der Waals surface area contributed by atoms with Crippen LogP contribution in [0.15, 0.2) is 47.4 Å². The van der Waals surface area contributed by atoms with Crippen LogP contribution in [0.2, 0.25) is 0 Å². The van der Waals surface area contributed by atoms with E-state index < -0.39 is 15.9 Å². The summed E-state index contributed by atoms with van der Waals surface area (Å²) >= 11 is 0. The van der Waals surface area contributed by atoms with Gasteiger partial charge in [0.15, 0.2) is 0 Å². The third-order valence-corrected chi connectivity index (χ3v) is 7.28. The lowest BCUT2D eigenvalue weighted by atomic mass is 10.1. The van der Waals surface area contributed by atoms with Crippen molar-refractivity contribution in [1.29, 1.82) is 0 Å². The molecule has 3 N–H and O–H groups in total. The Morgan fingerprint density at radius 2 is 1.88 bits per heavy atom. The van der Waals surface area contributed by atoms with E-state index in [-0.39, 0.29) is 47.8 Å². The van der Waals surface area contributed by atoms with Crippen LogP contribution in [0.25, 0.3) is 0 Å². The van der Waals surface area contributed by atoms with Gasteiger partial charge in [-0.2, -0.15) is 4.31 Å². The lowest BCUT2D eigenvalue weighted by Crippen LogP contribution is -2.49. The monoisotopic (exact) mass is 456 g/mol. The molecule has 32 heavy (non-hydrogen) atoms.